The lowest BCUT2D eigenvalue weighted by atomic mass is 9.92. The Kier molecular flexibility index (Phi) is 5.88. The second-order valence-corrected chi connectivity index (χ2v) is 8.74. The van der Waals surface area contributed by atoms with Crippen molar-refractivity contribution in [3.63, 3.8) is 0 Å². The van der Waals surface area contributed by atoms with E-state index in [2.05, 4.69) is 107 Å². The second-order valence-electron chi connectivity index (χ2n) is 8.74. The molecule has 3 nitrogen and oxygen atoms in total. The van der Waals surface area contributed by atoms with Crippen LogP contribution in [0, 0.1) is 0 Å². The number of hydrogen-bond acceptors (Lipinski definition) is 2. The van der Waals surface area contributed by atoms with Gasteiger partial charge < -0.3 is 9.88 Å². The topological polar surface area (TPSA) is 22.3 Å². The molecule has 1 unspecified atom stereocenters. The number of hydrogen-bond donors (Lipinski definition) is 1. The molecule has 5 rings (SSSR count). The number of benzene rings is 3. The van der Waals surface area contributed by atoms with E-state index in [4.69, 9.17) is 0 Å². The third-order valence-corrected chi connectivity index (χ3v) is 6.53. The second kappa shape index (κ2) is 9.09. The van der Waals surface area contributed by atoms with Crippen LogP contribution in [0.25, 0.3) is 10.9 Å². The van der Waals surface area contributed by atoms with E-state index in [1.165, 1.54) is 39.7 Å². The van der Waals surface area contributed by atoms with Gasteiger partial charge in [-0.25, -0.2) is 0 Å². The van der Waals surface area contributed by atoms with Crippen LogP contribution < -0.4 is 0 Å². The minimum atomic E-state index is 0.303. The van der Waals surface area contributed by atoms with Gasteiger partial charge in [0.15, 0.2) is 0 Å². The van der Waals surface area contributed by atoms with Crippen molar-refractivity contribution in [3.8, 4) is 0 Å². The summed E-state index contributed by atoms with van der Waals surface area (Å²) < 4.78 is 0. The van der Waals surface area contributed by atoms with Gasteiger partial charge in [-0.2, -0.15) is 0 Å². The predicted octanol–water partition coefficient (Wildman–Crippen LogP) is 5.64. The van der Waals surface area contributed by atoms with Crippen LogP contribution in [0.3, 0.4) is 0 Å². The molecule has 1 aromatic heterocycles. The van der Waals surface area contributed by atoms with Crippen LogP contribution in [-0.4, -0.2) is 41.5 Å². The first-order valence-corrected chi connectivity index (χ1v) is 11.4. The van der Waals surface area contributed by atoms with Crippen molar-refractivity contribution in [2.24, 2.45) is 0 Å². The largest absolute Gasteiger partial charge is 0.357 e. The Hall–Kier alpha value is -2.88. The number of aromatic nitrogens is 1. The van der Waals surface area contributed by atoms with Crippen LogP contribution in [0.2, 0.25) is 0 Å². The maximum Gasteiger partial charge on any atom is 0.0757 e. The fourth-order valence-electron chi connectivity index (χ4n) is 5.06. The van der Waals surface area contributed by atoms with E-state index in [1.807, 2.05) is 0 Å². The molecule has 158 valence electrons. The minimum Gasteiger partial charge on any atom is -0.357 e. The van der Waals surface area contributed by atoms with Gasteiger partial charge in [0.05, 0.1) is 6.04 Å². The lowest BCUT2D eigenvalue weighted by Crippen LogP contribution is -2.37. The van der Waals surface area contributed by atoms with Crippen LogP contribution in [0.5, 0.6) is 0 Å². The molecule has 0 saturated heterocycles. The summed E-state index contributed by atoms with van der Waals surface area (Å²) >= 11 is 0. The van der Waals surface area contributed by atoms with Gasteiger partial charge in [0.1, 0.15) is 0 Å². The average molecular weight is 410 g/mol. The SMILES string of the molecule is CN(CCCN1CCc2c([nH]c3ccccc23)C1c1ccccc1)Cc1ccccc1. The molecule has 4 aromatic rings. The van der Waals surface area contributed by atoms with Gasteiger partial charge in [0.25, 0.3) is 0 Å². The monoisotopic (exact) mass is 409 g/mol. The molecule has 0 saturated carbocycles. The summed E-state index contributed by atoms with van der Waals surface area (Å²) in [5.41, 5.74) is 6.91. The Morgan fingerprint density at radius 3 is 2.42 bits per heavy atom. The van der Waals surface area contributed by atoms with Gasteiger partial charge >= 0.3 is 0 Å². The van der Waals surface area contributed by atoms with Gasteiger partial charge in [-0.15, -0.1) is 0 Å². The van der Waals surface area contributed by atoms with E-state index in [0.717, 1.165) is 32.6 Å². The third kappa shape index (κ3) is 4.30. The van der Waals surface area contributed by atoms with E-state index in [1.54, 1.807) is 0 Å². The van der Waals surface area contributed by atoms with E-state index in [-0.39, 0.29) is 0 Å². The van der Waals surface area contributed by atoms with Gasteiger partial charge in [-0.05, 0) is 49.2 Å². The van der Waals surface area contributed by atoms with Crippen LogP contribution in [-0.2, 0) is 13.0 Å². The van der Waals surface area contributed by atoms with Crippen LogP contribution in [0.15, 0.2) is 84.9 Å². The van der Waals surface area contributed by atoms with E-state index >= 15 is 0 Å². The number of para-hydroxylation sites is 1. The normalized spacial score (nSPS) is 16.6. The molecule has 2 heterocycles. The molecular formula is C28H31N3. The summed E-state index contributed by atoms with van der Waals surface area (Å²) in [6.07, 6.45) is 2.28. The van der Waals surface area contributed by atoms with Crippen molar-refractivity contribution in [1.82, 2.24) is 14.8 Å². The smallest absolute Gasteiger partial charge is 0.0757 e. The zero-order chi connectivity index (χ0) is 21.0. The number of fused-ring (bicyclic) bond motifs is 3. The molecule has 0 spiro atoms. The van der Waals surface area contributed by atoms with Crippen molar-refractivity contribution >= 4 is 10.9 Å². The van der Waals surface area contributed by atoms with E-state index in [9.17, 15) is 0 Å². The van der Waals surface area contributed by atoms with Crippen LogP contribution in [0.1, 0.15) is 34.8 Å². The number of nitrogens with one attached hydrogen (secondary N) is 1. The highest BCUT2D eigenvalue weighted by molar-refractivity contribution is 5.85. The summed E-state index contributed by atoms with van der Waals surface area (Å²) in [7, 11) is 2.23. The van der Waals surface area contributed by atoms with Gasteiger partial charge in [0, 0.05) is 36.2 Å². The summed E-state index contributed by atoms with van der Waals surface area (Å²) in [6.45, 7) is 4.33. The molecule has 1 aliphatic rings. The third-order valence-electron chi connectivity index (χ3n) is 6.53. The maximum atomic E-state index is 3.77. The fraction of sp³-hybridized carbons (Fsp3) is 0.286. The first-order valence-electron chi connectivity index (χ1n) is 11.4. The van der Waals surface area contributed by atoms with Gasteiger partial charge in [-0.1, -0.05) is 78.9 Å². The Morgan fingerprint density at radius 2 is 1.61 bits per heavy atom. The van der Waals surface area contributed by atoms with Crippen LogP contribution >= 0.6 is 0 Å². The number of nitrogens with zero attached hydrogens (tertiary/aromatic N) is 2. The van der Waals surface area contributed by atoms with Crippen molar-refractivity contribution in [2.75, 3.05) is 26.7 Å². The Bertz CT molecular complexity index is 1120. The van der Waals surface area contributed by atoms with Gasteiger partial charge in [-0.3, -0.25) is 4.90 Å². The molecule has 3 heteroatoms. The lowest BCUT2D eigenvalue weighted by molar-refractivity contribution is 0.194. The first-order chi connectivity index (χ1) is 15.3. The highest BCUT2D eigenvalue weighted by atomic mass is 15.2. The molecular weight excluding hydrogens is 378 g/mol. The molecule has 31 heavy (non-hydrogen) atoms. The summed E-state index contributed by atoms with van der Waals surface area (Å²) in [5, 5.41) is 1.39. The quantitative estimate of drug-likeness (QED) is 0.427. The molecule has 0 bridgehead atoms. The van der Waals surface area contributed by atoms with Crippen molar-refractivity contribution < 1.29 is 0 Å². The molecule has 0 radical (unpaired) electrons. The standard InChI is InChI=1S/C28H31N3/c1-30(21-22-11-4-2-5-12-22)18-10-19-31-20-17-25-24-15-8-9-16-26(24)29-27(25)28(31)23-13-6-3-7-14-23/h2-9,11-16,28-29H,10,17-21H2,1H3. The fourth-order valence-corrected chi connectivity index (χ4v) is 5.06. The van der Waals surface area contributed by atoms with E-state index in [0.29, 0.717) is 6.04 Å². The van der Waals surface area contributed by atoms with Crippen molar-refractivity contribution in [1.29, 1.82) is 0 Å². The molecule has 0 amide bonds. The summed E-state index contributed by atoms with van der Waals surface area (Å²) in [5.74, 6) is 0. The Balaban J connectivity index is 1.33. The number of H-pyrrole nitrogens is 1. The summed E-state index contributed by atoms with van der Waals surface area (Å²) in [6, 6.07) is 30.8. The molecule has 0 aliphatic carbocycles. The van der Waals surface area contributed by atoms with Gasteiger partial charge in [0.2, 0.25) is 0 Å². The van der Waals surface area contributed by atoms with Crippen LogP contribution in [0.4, 0.5) is 0 Å². The highest BCUT2D eigenvalue weighted by Crippen LogP contribution is 2.38. The molecule has 1 N–H and O–H groups in total. The lowest BCUT2D eigenvalue weighted by Gasteiger charge is -2.36. The average Bonchev–Trinajstić information content (AvgIpc) is 3.19. The molecule has 1 aliphatic heterocycles. The van der Waals surface area contributed by atoms with E-state index < -0.39 is 0 Å². The number of aromatic amines is 1. The maximum absolute atomic E-state index is 3.77. The Morgan fingerprint density at radius 1 is 0.903 bits per heavy atom. The van der Waals surface area contributed by atoms with Crippen molar-refractivity contribution in [2.45, 2.75) is 25.4 Å². The van der Waals surface area contributed by atoms with Crippen molar-refractivity contribution in [3.05, 3.63) is 107 Å². The Labute approximate surface area is 185 Å². The first kappa shape index (κ1) is 20.0. The predicted molar refractivity (Wildman–Crippen MR) is 129 cm³/mol. The summed E-state index contributed by atoms with van der Waals surface area (Å²) in [4.78, 5) is 8.88. The highest BCUT2D eigenvalue weighted by Gasteiger charge is 2.31. The molecule has 1 atom stereocenters. The zero-order valence-corrected chi connectivity index (χ0v) is 18.3. The number of rotatable bonds is 7. The zero-order valence-electron chi connectivity index (χ0n) is 18.3. The molecule has 0 fully saturated rings. The minimum absolute atomic E-state index is 0.303. The molecule has 3 aromatic carbocycles.